The number of nitrogens with one attached hydrogen (secondary N) is 1. The van der Waals surface area contributed by atoms with Crippen molar-refractivity contribution in [3.63, 3.8) is 0 Å². The fraction of sp³-hybridized carbons (Fsp3) is 0. The van der Waals surface area contributed by atoms with Gasteiger partial charge in [0.2, 0.25) is 5.91 Å². The molecule has 2 aromatic carbocycles. The summed E-state index contributed by atoms with van der Waals surface area (Å²) in [6.45, 7) is 0. The van der Waals surface area contributed by atoms with Crippen molar-refractivity contribution in [3.05, 3.63) is 89.7 Å². The summed E-state index contributed by atoms with van der Waals surface area (Å²) in [4.78, 5) is 15.3. The SMILES string of the molecule is NC(=O)c1cccc(Nc2ccc(/C=C/c3cccnc3)cc2)c1. The number of primary amides is 1. The van der Waals surface area contributed by atoms with Gasteiger partial charge in [0.1, 0.15) is 0 Å². The summed E-state index contributed by atoms with van der Waals surface area (Å²) in [7, 11) is 0. The Morgan fingerprint density at radius 1 is 0.917 bits per heavy atom. The third kappa shape index (κ3) is 4.08. The number of carbonyl (C=O) groups is 1. The Morgan fingerprint density at radius 3 is 2.42 bits per heavy atom. The Labute approximate surface area is 140 Å². The fourth-order valence-corrected chi connectivity index (χ4v) is 2.26. The highest BCUT2D eigenvalue weighted by atomic mass is 16.1. The van der Waals surface area contributed by atoms with Crippen LogP contribution in [0.25, 0.3) is 12.2 Å². The molecule has 1 heterocycles. The molecule has 1 aromatic heterocycles. The van der Waals surface area contributed by atoms with Gasteiger partial charge in [-0.05, 0) is 47.5 Å². The second kappa shape index (κ2) is 7.24. The minimum atomic E-state index is -0.436. The fourth-order valence-electron chi connectivity index (χ4n) is 2.26. The zero-order chi connectivity index (χ0) is 16.8. The van der Waals surface area contributed by atoms with Gasteiger partial charge in [-0.15, -0.1) is 0 Å². The second-order valence-corrected chi connectivity index (χ2v) is 5.31. The maximum Gasteiger partial charge on any atom is 0.248 e. The third-order valence-corrected chi connectivity index (χ3v) is 3.50. The lowest BCUT2D eigenvalue weighted by Gasteiger charge is -2.07. The molecular formula is C20H17N3O. The molecule has 118 valence electrons. The minimum Gasteiger partial charge on any atom is -0.366 e. The monoisotopic (exact) mass is 315 g/mol. The molecule has 24 heavy (non-hydrogen) atoms. The van der Waals surface area contributed by atoms with E-state index in [-0.39, 0.29) is 0 Å². The number of aromatic nitrogens is 1. The molecule has 0 atom stereocenters. The Bertz CT molecular complexity index is 856. The normalized spacial score (nSPS) is 10.7. The number of rotatable bonds is 5. The van der Waals surface area contributed by atoms with E-state index in [0.29, 0.717) is 5.56 Å². The van der Waals surface area contributed by atoms with E-state index in [0.717, 1.165) is 22.5 Å². The van der Waals surface area contributed by atoms with Crippen LogP contribution in [-0.4, -0.2) is 10.9 Å². The van der Waals surface area contributed by atoms with Crippen LogP contribution < -0.4 is 11.1 Å². The number of hydrogen-bond donors (Lipinski definition) is 2. The summed E-state index contributed by atoms with van der Waals surface area (Å²) in [5.41, 5.74) is 9.70. The minimum absolute atomic E-state index is 0.436. The number of nitrogens with two attached hydrogens (primary N) is 1. The highest BCUT2D eigenvalue weighted by Crippen LogP contribution is 2.19. The molecule has 4 heteroatoms. The maximum absolute atomic E-state index is 11.2. The summed E-state index contributed by atoms with van der Waals surface area (Å²) in [6.07, 6.45) is 7.63. The number of anilines is 2. The number of benzene rings is 2. The van der Waals surface area contributed by atoms with E-state index >= 15 is 0 Å². The van der Waals surface area contributed by atoms with Gasteiger partial charge in [0.25, 0.3) is 0 Å². The van der Waals surface area contributed by atoms with Crippen LogP contribution in [0, 0.1) is 0 Å². The molecule has 0 aliphatic rings. The van der Waals surface area contributed by atoms with Gasteiger partial charge in [-0.3, -0.25) is 9.78 Å². The molecular weight excluding hydrogens is 298 g/mol. The molecule has 0 aliphatic carbocycles. The molecule has 0 spiro atoms. The molecule has 1 amide bonds. The van der Waals surface area contributed by atoms with E-state index in [1.54, 1.807) is 24.4 Å². The molecule has 0 fully saturated rings. The van der Waals surface area contributed by atoms with Crippen LogP contribution in [0.15, 0.2) is 73.1 Å². The van der Waals surface area contributed by atoms with E-state index in [2.05, 4.69) is 10.3 Å². The lowest BCUT2D eigenvalue weighted by Crippen LogP contribution is -2.10. The van der Waals surface area contributed by atoms with Gasteiger partial charge < -0.3 is 11.1 Å². The molecule has 0 saturated heterocycles. The molecule has 0 aliphatic heterocycles. The number of amides is 1. The number of pyridine rings is 1. The average molecular weight is 315 g/mol. The van der Waals surface area contributed by atoms with Gasteiger partial charge in [0.15, 0.2) is 0 Å². The van der Waals surface area contributed by atoms with E-state index in [4.69, 9.17) is 5.73 Å². The standard InChI is InChI=1S/C20H17N3O/c21-20(24)17-4-1-5-19(13-17)23-18-10-8-15(9-11-18)6-7-16-3-2-12-22-14-16/h1-14,23H,(H2,21,24)/b7-6+. The summed E-state index contributed by atoms with van der Waals surface area (Å²) >= 11 is 0. The summed E-state index contributed by atoms with van der Waals surface area (Å²) < 4.78 is 0. The van der Waals surface area contributed by atoms with Crippen molar-refractivity contribution in [1.29, 1.82) is 0 Å². The molecule has 4 nitrogen and oxygen atoms in total. The zero-order valence-electron chi connectivity index (χ0n) is 13.0. The van der Waals surface area contributed by atoms with Crippen molar-refractivity contribution in [2.75, 3.05) is 5.32 Å². The van der Waals surface area contributed by atoms with Crippen LogP contribution in [0.2, 0.25) is 0 Å². The lowest BCUT2D eigenvalue weighted by atomic mass is 10.1. The summed E-state index contributed by atoms with van der Waals surface area (Å²) in [6, 6.07) is 19.0. The van der Waals surface area contributed by atoms with Crippen molar-refractivity contribution in [2.45, 2.75) is 0 Å². The molecule has 3 N–H and O–H groups in total. The van der Waals surface area contributed by atoms with Crippen molar-refractivity contribution in [1.82, 2.24) is 4.98 Å². The van der Waals surface area contributed by atoms with E-state index in [1.807, 2.05) is 60.8 Å². The second-order valence-electron chi connectivity index (χ2n) is 5.31. The molecule has 0 radical (unpaired) electrons. The Morgan fingerprint density at radius 2 is 1.71 bits per heavy atom. The first-order chi connectivity index (χ1) is 11.7. The molecule has 0 bridgehead atoms. The topological polar surface area (TPSA) is 68.0 Å². The van der Waals surface area contributed by atoms with Gasteiger partial charge in [-0.1, -0.05) is 36.4 Å². The average Bonchev–Trinajstić information content (AvgIpc) is 2.62. The Kier molecular flexibility index (Phi) is 4.68. The highest BCUT2D eigenvalue weighted by Gasteiger charge is 2.01. The van der Waals surface area contributed by atoms with Crippen LogP contribution >= 0.6 is 0 Å². The summed E-state index contributed by atoms with van der Waals surface area (Å²) in [5, 5.41) is 3.26. The lowest BCUT2D eigenvalue weighted by molar-refractivity contribution is 0.100. The van der Waals surface area contributed by atoms with Crippen LogP contribution in [-0.2, 0) is 0 Å². The van der Waals surface area contributed by atoms with E-state index < -0.39 is 5.91 Å². The van der Waals surface area contributed by atoms with Crippen LogP contribution in [0.5, 0.6) is 0 Å². The zero-order valence-corrected chi connectivity index (χ0v) is 13.0. The predicted molar refractivity (Wildman–Crippen MR) is 97.8 cm³/mol. The predicted octanol–water partition coefficient (Wildman–Crippen LogP) is 4.09. The van der Waals surface area contributed by atoms with Gasteiger partial charge >= 0.3 is 0 Å². The largest absolute Gasteiger partial charge is 0.366 e. The quantitative estimate of drug-likeness (QED) is 0.745. The first-order valence-corrected chi connectivity index (χ1v) is 7.56. The van der Waals surface area contributed by atoms with Gasteiger partial charge in [-0.2, -0.15) is 0 Å². The van der Waals surface area contributed by atoms with Crippen LogP contribution in [0.3, 0.4) is 0 Å². The van der Waals surface area contributed by atoms with Crippen LogP contribution in [0.4, 0.5) is 11.4 Å². The van der Waals surface area contributed by atoms with Gasteiger partial charge in [0.05, 0.1) is 0 Å². The van der Waals surface area contributed by atoms with Crippen molar-refractivity contribution >= 4 is 29.4 Å². The highest BCUT2D eigenvalue weighted by molar-refractivity contribution is 5.93. The Balaban J connectivity index is 1.70. The number of carbonyl (C=O) groups excluding carboxylic acids is 1. The first kappa shape index (κ1) is 15.5. The number of hydrogen-bond acceptors (Lipinski definition) is 3. The first-order valence-electron chi connectivity index (χ1n) is 7.56. The van der Waals surface area contributed by atoms with Crippen molar-refractivity contribution < 1.29 is 4.79 Å². The van der Waals surface area contributed by atoms with E-state index in [1.165, 1.54) is 0 Å². The molecule has 3 aromatic rings. The molecule has 0 saturated carbocycles. The maximum atomic E-state index is 11.2. The third-order valence-electron chi connectivity index (χ3n) is 3.50. The smallest absolute Gasteiger partial charge is 0.248 e. The van der Waals surface area contributed by atoms with E-state index in [9.17, 15) is 4.79 Å². The van der Waals surface area contributed by atoms with Crippen molar-refractivity contribution in [2.24, 2.45) is 5.73 Å². The molecule has 0 unspecified atom stereocenters. The van der Waals surface area contributed by atoms with Crippen molar-refractivity contribution in [3.8, 4) is 0 Å². The van der Waals surface area contributed by atoms with Crippen LogP contribution in [0.1, 0.15) is 21.5 Å². The van der Waals surface area contributed by atoms with Gasteiger partial charge in [0, 0.05) is 29.3 Å². The Hall–Kier alpha value is -3.40. The number of nitrogens with zero attached hydrogens (tertiary/aromatic N) is 1. The molecule has 3 rings (SSSR count). The van der Waals surface area contributed by atoms with Gasteiger partial charge in [-0.25, -0.2) is 0 Å². The summed E-state index contributed by atoms with van der Waals surface area (Å²) in [5.74, 6) is -0.436.